The van der Waals surface area contributed by atoms with Crippen molar-refractivity contribution in [3.05, 3.63) is 54.1 Å². The average molecular weight is 434 g/mol. The van der Waals surface area contributed by atoms with Crippen molar-refractivity contribution in [2.45, 2.75) is 26.3 Å². The molecule has 2 rings (SSSR count). The van der Waals surface area contributed by atoms with Gasteiger partial charge in [-0.3, -0.25) is 9.10 Å². The van der Waals surface area contributed by atoms with Gasteiger partial charge in [-0.15, -0.1) is 0 Å². The Balaban J connectivity index is 2.06. The molecular formula is C21H27N3O5S. The summed E-state index contributed by atoms with van der Waals surface area (Å²) in [7, 11) is -2.19. The van der Waals surface area contributed by atoms with Crippen molar-refractivity contribution in [1.82, 2.24) is 5.43 Å². The van der Waals surface area contributed by atoms with Gasteiger partial charge >= 0.3 is 0 Å². The van der Waals surface area contributed by atoms with Crippen LogP contribution in [0.25, 0.3) is 0 Å². The van der Waals surface area contributed by atoms with Crippen LogP contribution in [0.1, 0.15) is 25.8 Å². The lowest BCUT2D eigenvalue weighted by atomic mass is 10.2. The van der Waals surface area contributed by atoms with E-state index in [1.807, 2.05) is 31.2 Å². The average Bonchev–Trinajstić information content (AvgIpc) is 2.72. The number of sulfonamides is 1. The molecule has 2 aromatic rings. The SMILES string of the molecule is CCCOc1ccc(/C=N\NC(=O)[C@H](C)N(c2ccc(OC)cc2)S(C)(=O)=O)cc1. The molecule has 9 heteroatoms. The predicted octanol–water partition coefficient (Wildman–Crippen LogP) is 2.79. The third-order valence-corrected chi connectivity index (χ3v) is 5.40. The summed E-state index contributed by atoms with van der Waals surface area (Å²) in [4.78, 5) is 12.5. The molecule has 0 fully saturated rings. The van der Waals surface area contributed by atoms with Gasteiger partial charge in [0.25, 0.3) is 5.91 Å². The second-order valence-electron chi connectivity index (χ2n) is 6.58. The van der Waals surface area contributed by atoms with Gasteiger partial charge in [0, 0.05) is 0 Å². The molecule has 30 heavy (non-hydrogen) atoms. The van der Waals surface area contributed by atoms with Gasteiger partial charge in [-0.2, -0.15) is 5.10 Å². The Morgan fingerprint density at radius 1 is 1.13 bits per heavy atom. The first-order valence-corrected chi connectivity index (χ1v) is 11.3. The van der Waals surface area contributed by atoms with Crippen molar-refractivity contribution < 1.29 is 22.7 Å². The summed E-state index contributed by atoms with van der Waals surface area (Å²) in [5, 5.41) is 3.93. The Bertz CT molecular complexity index is 957. The van der Waals surface area contributed by atoms with Gasteiger partial charge in [-0.25, -0.2) is 13.8 Å². The van der Waals surface area contributed by atoms with E-state index in [1.165, 1.54) is 20.2 Å². The number of benzene rings is 2. The fraction of sp³-hybridized carbons (Fsp3) is 0.333. The number of hydrogen-bond donors (Lipinski definition) is 1. The molecule has 0 saturated carbocycles. The second kappa shape index (κ2) is 10.6. The number of ether oxygens (including phenoxy) is 2. The van der Waals surface area contributed by atoms with Gasteiger partial charge in [0.1, 0.15) is 17.5 Å². The first-order valence-electron chi connectivity index (χ1n) is 9.45. The molecule has 0 heterocycles. The van der Waals surface area contributed by atoms with Crippen LogP contribution in [-0.4, -0.2) is 46.6 Å². The van der Waals surface area contributed by atoms with Gasteiger partial charge in [0.05, 0.1) is 31.9 Å². The van der Waals surface area contributed by atoms with E-state index in [9.17, 15) is 13.2 Å². The molecule has 0 spiro atoms. The minimum absolute atomic E-state index is 0.354. The van der Waals surface area contributed by atoms with Gasteiger partial charge in [0.2, 0.25) is 10.0 Å². The molecule has 0 bridgehead atoms. The summed E-state index contributed by atoms with van der Waals surface area (Å²) >= 11 is 0. The third-order valence-electron chi connectivity index (χ3n) is 4.16. The Kier molecular flexibility index (Phi) is 8.23. The number of amides is 1. The minimum atomic E-state index is -3.71. The quantitative estimate of drug-likeness (QED) is 0.459. The molecule has 0 aliphatic heterocycles. The maximum Gasteiger partial charge on any atom is 0.263 e. The lowest BCUT2D eigenvalue weighted by Crippen LogP contribution is -2.46. The van der Waals surface area contributed by atoms with Crippen molar-refractivity contribution >= 4 is 27.8 Å². The number of nitrogens with zero attached hydrogens (tertiary/aromatic N) is 2. The molecule has 162 valence electrons. The summed E-state index contributed by atoms with van der Waals surface area (Å²) < 4.78 is 36.2. The number of carbonyl (C=O) groups excluding carboxylic acids is 1. The van der Waals surface area contributed by atoms with E-state index in [4.69, 9.17) is 9.47 Å². The van der Waals surface area contributed by atoms with Crippen molar-refractivity contribution in [2.24, 2.45) is 5.10 Å². The normalized spacial score (nSPS) is 12.4. The van der Waals surface area contributed by atoms with E-state index in [-0.39, 0.29) is 0 Å². The molecule has 1 N–H and O–H groups in total. The van der Waals surface area contributed by atoms with Gasteiger partial charge < -0.3 is 9.47 Å². The van der Waals surface area contributed by atoms with E-state index in [0.29, 0.717) is 18.0 Å². The van der Waals surface area contributed by atoms with E-state index < -0.39 is 22.0 Å². The number of hydrogen-bond acceptors (Lipinski definition) is 6. The standard InChI is InChI=1S/C21H27N3O5S/c1-5-14-29-20-10-6-17(7-11-20)15-22-23-21(25)16(2)24(30(4,26)27)18-8-12-19(28-3)13-9-18/h6-13,15-16H,5,14H2,1-4H3,(H,23,25)/b22-15-/t16-/m0/s1. The van der Waals surface area contributed by atoms with Gasteiger partial charge in [0.15, 0.2) is 0 Å². The van der Waals surface area contributed by atoms with Crippen LogP contribution in [0.4, 0.5) is 5.69 Å². The van der Waals surface area contributed by atoms with Crippen LogP contribution in [-0.2, 0) is 14.8 Å². The summed E-state index contributed by atoms with van der Waals surface area (Å²) in [6.07, 6.45) is 3.45. The van der Waals surface area contributed by atoms with Crippen molar-refractivity contribution in [1.29, 1.82) is 0 Å². The van der Waals surface area contributed by atoms with Crippen molar-refractivity contribution in [2.75, 3.05) is 24.3 Å². The number of hydrazone groups is 1. The molecule has 8 nitrogen and oxygen atoms in total. The Morgan fingerprint density at radius 3 is 2.27 bits per heavy atom. The maximum atomic E-state index is 12.5. The Labute approximate surface area is 177 Å². The number of nitrogens with one attached hydrogen (secondary N) is 1. The van der Waals surface area contributed by atoms with Crippen LogP contribution < -0.4 is 19.2 Å². The van der Waals surface area contributed by atoms with Crippen LogP contribution in [0, 0.1) is 0 Å². The van der Waals surface area contributed by atoms with E-state index >= 15 is 0 Å². The highest BCUT2D eigenvalue weighted by Gasteiger charge is 2.29. The van der Waals surface area contributed by atoms with Crippen LogP contribution in [0.3, 0.4) is 0 Å². The number of carbonyl (C=O) groups is 1. The van der Waals surface area contributed by atoms with Crippen LogP contribution in [0.5, 0.6) is 11.5 Å². The van der Waals surface area contributed by atoms with Crippen LogP contribution in [0.15, 0.2) is 53.6 Å². The fourth-order valence-corrected chi connectivity index (χ4v) is 3.85. The molecule has 0 saturated heterocycles. The molecule has 0 aromatic heterocycles. The molecule has 0 unspecified atom stereocenters. The molecular weight excluding hydrogens is 406 g/mol. The van der Waals surface area contributed by atoms with E-state index in [2.05, 4.69) is 10.5 Å². The topological polar surface area (TPSA) is 97.3 Å². The first-order chi connectivity index (χ1) is 14.3. The minimum Gasteiger partial charge on any atom is -0.497 e. The zero-order chi connectivity index (χ0) is 22.1. The highest BCUT2D eigenvalue weighted by molar-refractivity contribution is 7.92. The zero-order valence-electron chi connectivity index (χ0n) is 17.5. The van der Waals surface area contributed by atoms with E-state index in [1.54, 1.807) is 24.3 Å². The van der Waals surface area contributed by atoms with E-state index in [0.717, 1.165) is 28.3 Å². The van der Waals surface area contributed by atoms with Gasteiger partial charge in [-0.05, 0) is 67.4 Å². The van der Waals surface area contributed by atoms with Gasteiger partial charge in [-0.1, -0.05) is 6.92 Å². The van der Waals surface area contributed by atoms with Crippen molar-refractivity contribution in [3.63, 3.8) is 0 Å². The lowest BCUT2D eigenvalue weighted by molar-refractivity contribution is -0.121. The Morgan fingerprint density at radius 2 is 1.73 bits per heavy atom. The Hall–Kier alpha value is -3.07. The molecule has 2 aromatic carbocycles. The third kappa shape index (κ3) is 6.48. The second-order valence-corrected chi connectivity index (χ2v) is 8.44. The number of anilines is 1. The number of rotatable bonds is 10. The van der Waals surface area contributed by atoms with Crippen LogP contribution >= 0.6 is 0 Å². The van der Waals surface area contributed by atoms with Crippen molar-refractivity contribution in [3.8, 4) is 11.5 Å². The summed E-state index contributed by atoms with van der Waals surface area (Å²) in [5.41, 5.74) is 3.51. The molecule has 0 aliphatic carbocycles. The molecule has 1 amide bonds. The highest BCUT2D eigenvalue weighted by atomic mass is 32.2. The zero-order valence-corrected chi connectivity index (χ0v) is 18.3. The largest absolute Gasteiger partial charge is 0.497 e. The summed E-state index contributed by atoms with van der Waals surface area (Å²) in [6.45, 7) is 4.17. The molecule has 0 radical (unpaired) electrons. The predicted molar refractivity (Wildman–Crippen MR) is 118 cm³/mol. The highest BCUT2D eigenvalue weighted by Crippen LogP contribution is 2.23. The molecule has 0 aliphatic rings. The fourth-order valence-electron chi connectivity index (χ4n) is 2.67. The monoisotopic (exact) mass is 433 g/mol. The first kappa shape index (κ1) is 23.2. The maximum absolute atomic E-state index is 12.5. The summed E-state index contributed by atoms with van der Waals surface area (Å²) in [5.74, 6) is 0.783. The number of methoxy groups -OCH3 is 1. The molecule has 1 atom stereocenters. The smallest absolute Gasteiger partial charge is 0.263 e. The lowest BCUT2D eigenvalue weighted by Gasteiger charge is -2.27. The summed E-state index contributed by atoms with van der Waals surface area (Å²) in [6, 6.07) is 12.7. The van der Waals surface area contributed by atoms with Crippen LogP contribution in [0.2, 0.25) is 0 Å².